The Kier molecular flexibility index (Phi) is 7.66. The minimum Gasteiger partial charge on any atom is -0.381 e. The average molecular weight is 349 g/mol. The molecule has 1 aromatic rings. The van der Waals surface area contributed by atoms with Crippen LogP contribution in [0.2, 0.25) is 0 Å². The van der Waals surface area contributed by atoms with Crippen LogP contribution in [0.1, 0.15) is 49.4 Å². The van der Waals surface area contributed by atoms with Crippen molar-refractivity contribution in [2.75, 3.05) is 37.7 Å². The lowest BCUT2D eigenvalue weighted by Gasteiger charge is -2.17. The summed E-state index contributed by atoms with van der Waals surface area (Å²) >= 11 is 0. The number of anilines is 1. The molecule has 1 saturated heterocycles. The highest BCUT2D eigenvalue weighted by Crippen LogP contribution is 2.31. The number of hydrogen-bond acceptors (Lipinski definition) is 5. The predicted octanol–water partition coefficient (Wildman–Crippen LogP) is 3.13. The maximum Gasteiger partial charge on any atom is 0.293 e. The van der Waals surface area contributed by atoms with E-state index in [9.17, 15) is 14.9 Å². The lowest BCUT2D eigenvalue weighted by Crippen LogP contribution is -2.26. The molecule has 0 saturated carbocycles. The number of amides is 1. The van der Waals surface area contributed by atoms with Crippen LogP contribution in [0.3, 0.4) is 0 Å². The van der Waals surface area contributed by atoms with Crippen LogP contribution < -0.4 is 10.2 Å². The predicted molar refractivity (Wildman–Crippen MR) is 97.2 cm³/mol. The summed E-state index contributed by atoms with van der Waals surface area (Å²) in [4.78, 5) is 25.2. The molecular weight excluding hydrogens is 322 g/mol. The first-order chi connectivity index (χ1) is 12.1. The van der Waals surface area contributed by atoms with Crippen LogP contribution in [0.15, 0.2) is 18.2 Å². The topological polar surface area (TPSA) is 84.7 Å². The standard InChI is InChI=1S/C18H27N3O4/c1-2-3-12-25-13-6-9-19-18(22)15-7-8-16(17(14-15)21(23)24)20-10-4-5-11-20/h7-8,14H,2-6,9-13H2,1H3,(H,19,22). The zero-order valence-corrected chi connectivity index (χ0v) is 14.8. The number of benzene rings is 1. The quantitative estimate of drug-likeness (QED) is 0.398. The maximum absolute atomic E-state index is 12.2. The molecule has 138 valence electrons. The number of nitrogens with one attached hydrogen (secondary N) is 1. The highest BCUT2D eigenvalue weighted by Gasteiger charge is 2.23. The van der Waals surface area contributed by atoms with E-state index in [1.54, 1.807) is 12.1 Å². The summed E-state index contributed by atoms with van der Waals surface area (Å²) in [5, 5.41) is 14.2. The van der Waals surface area contributed by atoms with Gasteiger partial charge in [-0.3, -0.25) is 14.9 Å². The van der Waals surface area contributed by atoms with E-state index in [2.05, 4.69) is 12.2 Å². The maximum atomic E-state index is 12.2. The summed E-state index contributed by atoms with van der Waals surface area (Å²) in [7, 11) is 0. The van der Waals surface area contributed by atoms with E-state index in [0.717, 1.165) is 51.8 Å². The first-order valence-corrected chi connectivity index (χ1v) is 9.02. The van der Waals surface area contributed by atoms with Gasteiger partial charge < -0.3 is 15.0 Å². The molecule has 1 aliphatic heterocycles. The minimum atomic E-state index is -0.411. The SMILES string of the molecule is CCCCOCCCNC(=O)c1ccc(N2CCCC2)c([N+](=O)[O-])c1. The van der Waals surface area contributed by atoms with Gasteiger partial charge in [0.25, 0.3) is 11.6 Å². The molecule has 1 amide bonds. The van der Waals surface area contributed by atoms with Gasteiger partial charge in [0.1, 0.15) is 5.69 Å². The number of nitro groups is 1. The fraction of sp³-hybridized carbons (Fsp3) is 0.611. The van der Waals surface area contributed by atoms with Gasteiger partial charge in [-0.25, -0.2) is 0 Å². The summed E-state index contributed by atoms with van der Waals surface area (Å²) in [5.41, 5.74) is 0.919. The van der Waals surface area contributed by atoms with Gasteiger partial charge in [-0.1, -0.05) is 13.3 Å². The number of unbranched alkanes of at least 4 members (excludes halogenated alkanes) is 1. The van der Waals surface area contributed by atoms with Gasteiger partial charge in [0.05, 0.1) is 4.92 Å². The number of rotatable bonds is 10. The summed E-state index contributed by atoms with van der Waals surface area (Å²) in [6, 6.07) is 4.72. The summed E-state index contributed by atoms with van der Waals surface area (Å²) in [5.74, 6) is -0.287. The lowest BCUT2D eigenvalue weighted by molar-refractivity contribution is -0.384. The molecule has 7 heteroatoms. The fourth-order valence-electron chi connectivity index (χ4n) is 2.86. The van der Waals surface area contributed by atoms with Crippen LogP contribution in [0.4, 0.5) is 11.4 Å². The monoisotopic (exact) mass is 349 g/mol. The minimum absolute atomic E-state index is 0.00236. The molecule has 0 atom stereocenters. The van der Waals surface area contributed by atoms with Crippen molar-refractivity contribution in [2.24, 2.45) is 0 Å². The van der Waals surface area contributed by atoms with E-state index in [1.807, 2.05) is 4.90 Å². The van der Waals surface area contributed by atoms with Crippen molar-refractivity contribution >= 4 is 17.3 Å². The summed E-state index contributed by atoms with van der Waals surface area (Å²) in [6.07, 6.45) is 4.95. The number of ether oxygens (including phenoxy) is 1. The molecule has 1 N–H and O–H groups in total. The third kappa shape index (κ3) is 5.70. The van der Waals surface area contributed by atoms with Crippen LogP contribution >= 0.6 is 0 Å². The van der Waals surface area contributed by atoms with Gasteiger partial charge in [-0.15, -0.1) is 0 Å². The van der Waals surface area contributed by atoms with Gasteiger partial charge in [0.15, 0.2) is 0 Å². The molecule has 0 aliphatic carbocycles. The molecule has 0 unspecified atom stereocenters. The van der Waals surface area contributed by atoms with Crippen molar-refractivity contribution in [1.82, 2.24) is 5.32 Å². The Morgan fingerprint density at radius 2 is 2.00 bits per heavy atom. The molecule has 25 heavy (non-hydrogen) atoms. The molecule has 1 fully saturated rings. The second-order valence-electron chi connectivity index (χ2n) is 6.23. The Hall–Kier alpha value is -2.15. The number of carbonyl (C=O) groups is 1. The second kappa shape index (κ2) is 9.98. The molecular formula is C18H27N3O4. The van der Waals surface area contributed by atoms with Crippen LogP contribution in [-0.2, 0) is 4.74 Å². The average Bonchev–Trinajstić information content (AvgIpc) is 3.14. The molecule has 0 bridgehead atoms. The van der Waals surface area contributed by atoms with Crippen molar-refractivity contribution in [2.45, 2.75) is 39.0 Å². The lowest BCUT2D eigenvalue weighted by atomic mass is 10.1. The first kappa shape index (κ1) is 19.2. The number of carbonyl (C=O) groups excluding carboxylic acids is 1. The molecule has 0 spiro atoms. The highest BCUT2D eigenvalue weighted by molar-refractivity contribution is 5.95. The van der Waals surface area contributed by atoms with Crippen molar-refractivity contribution in [3.05, 3.63) is 33.9 Å². The normalized spacial score (nSPS) is 13.9. The molecule has 1 aliphatic rings. The van der Waals surface area contributed by atoms with E-state index in [1.165, 1.54) is 6.07 Å². The summed E-state index contributed by atoms with van der Waals surface area (Å²) < 4.78 is 5.44. The van der Waals surface area contributed by atoms with Crippen molar-refractivity contribution in [3.8, 4) is 0 Å². The van der Waals surface area contributed by atoms with Crippen molar-refractivity contribution < 1.29 is 14.5 Å². The van der Waals surface area contributed by atoms with Crippen molar-refractivity contribution in [1.29, 1.82) is 0 Å². The molecule has 1 aromatic carbocycles. The van der Waals surface area contributed by atoms with Crippen LogP contribution in [0, 0.1) is 10.1 Å². The van der Waals surface area contributed by atoms with E-state index in [4.69, 9.17) is 4.74 Å². The van der Waals surface area contributed by atoms with Gasteiger partial charge in [-0.05, 0) is 37.8 Å². The Morgan fingerprint density at radius 1 is 1.28 bits per heavy atom. The zero-order valence-electron chi connectivity index (χ0n) is 14.8. The van der Waals surface area contributed by atoms with Gasteiger partial charge >= 0.3 is 0 Å². The van der Waals surface area contributed by atoms with Gasteiger partial charge in [0.2, 0.25) is 0 Å². The van der Waals surface area contributed by atoms with Crippen molar-refractivity contribution in [3.63, 3.8) is 0 Å². The Labute approximate surface area is 148 Å². The molecule has 7 nitrogen and oxygen atoms in total. The number of hydrogen-bond donors (Lipinski definition) is 1. The van der Waals surface area contributed by atoms with Crippen LogP contribution in [0.5, 0.6) is 0 Å². The third-order valence-electron chi connectivity index (χ3n) is 4.27. The second-order valence-corrected chi connectivity index (χ2v) is 6.23. The smallest absolute Gasteiger partial charge is 0.293 e. The fourth-order valence-corrected chi connectivity index (χ4v) is 2.86. The summed E-state index contributed by atoms with van der Waals surface area (Å²) in [6.45, 7) is 5.60. The van der Waals surface area contributed by atoms with Crippen LogP contribution in [0.25, 0.3) is 0 Å². The molecule has 0 aromatic heterocycles. The molecule has 0 radical (unpaired) electrons. The van der Waals surface area contributed by atoms with E-state index < -0.39 is 4.92 Å². The Balaban J connectivity index is 1.89. The third-order valence-corrected chi connectivity index (χ3v) is 4.27. The largest absolute Gasteiger partial charge is 0.381 e. The first-order valence-electron chi connectivity index (χ1n) is 9.02. The zero-order chi connectivity index (χ0) is 18.1. The van der Waals surface area contributed by atoms with Crippen LogP contribution in [-0.4, -0.2) is 43.7 Å². The number of nitro benzene ring substituents is 1. The molecule has 2 rings (SSSR count). The van der Waals surface area contributed by atoms with E-state index in [0.29, 0.717) is 24.4 Å². The van der Waals surface area contributed by atoms with Gasteiger partial charge in [-0.2, -0.15) is 0 Å². The Bertz CT molecular complexity index is 586. The van der Waals surface area contributed by atoms with E-state index in [-0.39, 0.29) is 11.6 Å². The number of nitrogens with zero attached hydrogens (tertiary/aromatic N) is 2. The van der Waals surface area contributed by atoms with Gasteiger partial charge in [0, 0.05) is 44.5 Å². The highest BCUT2D eigenvalue weighted by atomic mass is 16.6. The molecule has 1 heterocycles. The van der Waals surface area contributed by atoms with E-state index >= 15 is 0 Å². The Morgan fingerprint density at radius 3 is 2.68 bits per heavy atom.